The second kappa shape index (κ2) is 12.0. The average molecular weight is 718 g/mol. The summed E-state index contributed by atoms with van der Waals surface area (Å²) in [6.07, 6.45) is 1.81. The lowest BCUT2D eigenvalue weighted by Crippen LogP contribution is -2.41. The molecule has 54 heavy (non-hydrogen) atoms. The zero-order valence-electron chi connectivity index (χ0n) is 30.1. The molecule has 0 N–H and O–H groups in total. The van der Waals surface area contributed by atoms with E-state index >= 15 is 0 Å². The van der Waals surface area contributed by atoms with Crippen molar-refractivity contribution in [1.82, 2.24) is 0 Å². The maximum atomic E-state index is 14.5. The van der Waals surface area contributed by atoms with Gasteiger partial charge < -0.3 is 4.90 Å². The molecule has 260 valence electrons. The summed E-state index contributed by atoms with van der Waals surface area (Å²) in [7, 11) is 0. The molecule has 10 rings (SSSR count). The number of hydrazine groups is 1. The van der Waals surface area contributed by atoms with Gasteiger partial charge in [0.2, 0.25) is 0 Å². The second-order valence-electron chi connectivity index (χ2n) is 14.3. The van der Waals surface area contributed by atoms with E-state index in [0.717, 1.165) is 26.8 Å². The average Bonchev–Trinajstić information content (AvgIpc) is 3.82. The van der Waals surface area contributed by atoms with Crippen LogP contribution < -0.4 is 14.9 Å². The van der Waals surface area contributed by atoms with Crippen LogP contribution in [0.3, 0.4) is 0 Å². The SMILES string of the molecule is Cc1cc(C)c(N2c3ccccc3C3(c4ccccc4-c4ccccc43)c3cc(C=C4C(=O)N(c5ccccc5)N(c5ccccc5)C4=O)sc32)c(C)c1. The fourth-order valence-electron chi connectivity index (χ4n) is 9.08. The van der Waals surface area contributed by atoms with E-state index < -0.39 is 5.41 Å². The second-order valence-corrected chi connectivity index (χ2v) is 15.3. The molecule has 3 heterocycles. The van der Waals surface area contributed by atoms with Crippen LogP contribution in [0.25, 0.3) is 17.2 Å². The Morgan fingerprint density at radius 1 is 0.537 bits per heavy atom. The Balaban J connectivity index is 1.25. The number of anilines is 5. The number of para-hydroxylation sites is 3. The van der Waals surface area contributed by atoms with Crippen LogP contribution in [0.5, 0.6) is 0 Å². The minimum absolute atomic E-state index is 0.120. The summed E-state index contributed by atoms with van der Waals surface area (Å²) in [5, 5.41) is 4.05. The van der Waals surface area contributed by atoms with Crippen LogP contribution >= 0.6 is 11.3 Å². The number of benzene rings is 6. The van der Waals surface area contributed by atoms with Gasteiger partial charge in [-0.1, -0.05) is 121 Å². The maximum absolute atomic E-state index is 14.5. The standard InChI is InChI=1S/C48H35N3O2S/c1-30-26-31(2)44(32(3)27-30)49-43-25-15-14-24-41(43)48(39-22-12-10-20-36(39)37-21-11-13-23-40(37)48)42-29-35(54-47(42)49)28-38-45(52)50(33-16-6-4-7-17-33)51(46(38)53)34-18-8-5-9-19-34/h4-29H,1-3H3. The number of thiophene rings is 1. The highest BCUT2D eigenvalue weighted by molar-refractivity contribution is 7.17. The lowest BCUT2D eigenvalue weighted by atomic mass is 9.66. The zero-order chi connectivity index (χ0) is 36.7. The molecule has 5 nitrogen and oxygen atoms in total. The van der Waals surface area contributed by atoms with E-state index in [9.17, 15) is 9.59 Å². The predicted octanol–water partition coefficient (Wildman–Crippen LogP) is 11.2. The van der Waals surface area contributed by atoms with E-state index in [4.69, 9.17) is 0 Å². The van der Waals surface area contributed by atoms with E-state index in [1.54, 1.807) is 11.3 Å². The smallest absolute Gasteiger partial charge is 0.283 e. The molecule has 7 aromatic rings. The summed E-state index contributed by atoms with van der Waals surface area (Å²) in [4.78, 5) is 32.3. The number of fused-ring (bicyclic) bond motifs is 9. The summed E-state index contributed by atoms with van der Waals surface area (Å²) in [5.74, 6) is -0.726. The Morgan fingerprint density at radius 2 is 1.02 bits per heavy atom. The van der Waals surface area contributed by atoms with Crippen LogP contribution in [0.1, 0.15) is 43.8 Å². The molecular weight excluding hydrogens is 683 g/mol. The number of aryl methyl sites for hydroxylation is 3. The minimum Gasteiger partial charge on any atom is -0.301 e. The van der Waals surface area contributed by atoms with Gasteiger partial charge >= 0.3 is 0 Å². The van der Waals surface area contributed by atoms with Crippen molar-refractivity contribution in [3.8, 4) is 11.1 Å². The molecule has 0 saturated carbocycles. The van der Waals surface area contributed by atoms with Gasteiger partial charge in [-0.3, -0.25) is 9.59 Å². The molecule has 1 fully saturated rings. The van der Waals surface area contributed by atoms with Crippen LogP contribution in [0, 0.1) is 20.8 Å². The molecule has 1 aliphatic carbocycles. The Hall–Kier alpha value is -6.50. The van der Waals surface area contributed by atoms with Crippen molar-refractivity contribution >= 4 is 57.0 Å². The Kier molecular flexibility index (Phi) is 7.16. The van der Waals surface area contributed by atoms with Gasteiger partial charge in [0.25, 0.3) is 11.8 Å². The number of hydrogen-bond donors (Lipinski definition) is 0. The summed E-state index contributed by atoms with van der Waals surface area (Å²) >= 11 is 1.63. The first-order valence-corrected chi connectivity index (χ1v) is 19.0. The molecule has 0 unspecified atom stereocenters. The van der Waals surface area contributed by atoms with Crippen molar-refractivity contribution in [2.75, 3.05) is 14.9 Å². The number of carbonyl (C=O) groups excluding carboxylic acids is 2. The van der Waals surface area contributed by atoms with Crippen molar-refractivity contribution in [3.05, 3.63) is 201 Å². The van der Waals surface area contributed by atoms with E-state index in [2.05, 4.69) is 117 Å². The molecule has 1 spiro atoms. The monoisotopic (exact) mass is 717 g/mol. The highest BCUT2D eigenvalue weighted by Gasteiger charge is 2.53. The minimum atomic E-state index is -0.620. The van der Waals surface area contributed by atoms with E-state index in [1.807, 2.05) is 66.7 Å². The molecule has 0 atom stereocenters. The molecule has 2 aliphatic heterocycles. The van der Waals surface area contributed by atoms with E-state index in [-0.39, 0.29) is 17.4 Å². The van der Waals surface area contributed by atoms with Crippen LogP contribution in [-0.4, -0.2) is 11.8 Å². The number of rotatable bonds is 4. The molecule has 3 aliphatic rings. The Morgan fingerprint density at radius 3 is 1.57 bits per heavy atom. The topological polar surface area (TPSA) is 43.9 Å². The first kappa shape index (κ1) is 32.2. The van der Waals surface area contributed by atoms with Gasteiger partial charge in [0.15, 0.2) is 0 Å². The zero-order valence-corrected chi connectivity index (χ0v) is 30.9. The van der Waals surface area contributed by atoms with Gasteiger partial charge in [0.05, 0.1) is 28.2 Å². The summed E-state index contributed by atoms with van der Waals surface area (Å²) in [5.41, 5.74) is 13.8. The number of nitrogens with zero attached hydrogens (tertiary/aromatic N) is 3. The van der Waals surface area contributed by atoms with Crippen LogP contribution in [0.4, 0.5) is 27.8 Å². The molecule has 0 radical (unpaired) electrons. The summed E-state index contributed by atoms with van der Waals surface area (Å²) in [6, 6.07) is 51.7. The van der Waals surface area contributed by atoms with Gasteiger partial charge in [-0.15, -0.1) is 11.3 Å². The predicted molar refractivity (Wildman–Crippen MR) is 220 cm³/mol. The quantitative estimate of drug-likeness (QED) is 0.134. The van der Waals surface area contributed by atoms with Gasteiger partial charge in [-0.05, 0) is 102 Å². The third kappa shape index (κ3) is 4.44. The molecule has 1 saturated heterocycles. The lowest BCUT2D eigenvalue weighted by molar-refractivity contribution is -0.116. The third-order valence-electron chi connectivity index (χ3n) is 11.0. The first-order valence-electron chi connectivity index (χ1n) is 18.2. The normalized spacial score (nSPS) is 15.0. The Bertz CT molecular complexity index is 2580. The summed E-state index contributed by atoms with van der Waals surface area (Å²) < 4.78 is 0. The molecule has 6 aromatic carbocycles. The molecule has 2 amide bonds. The maximum Gasteiger partial charge on any atom is 0.283 e. The van der Waals surface area contributed by atoms with Crippen LogP contribution in [0.2, 0.25) is 0 Å². The fourth-order valence-corrected chi connectivity index (χ4v) is 10.3. The number of amides is 2. The van der Waals surface area contributed by atoms with Crippen molar-refractivity contribution in [3.63, 3.8) is 0 Å². The van der Waals surface area contributed by atoms with Crippen LogP contribution in [0.15, 0.2) is 157 Å². The van der Waals surface area contributed by atoms with E-state index in [1.165, 1.54) is 54.5 Å². The lowest BCUT2D eigenvalue weighted by Gasteiger charge is -2.44. The highest BCUT2D eigenvalue weighted by Crippen LogP contribution is 2.65. The number of carbonyl (C=O) groups is 2. The van der Waals surface area contributed by atoms with Crippen molar-refractivity contribution in [2.45, 2.75) is 26.2 Å². The number of hydrogen-bond acceptors (Lipinski definition) is 4. The largest absolute Gasteiger partial charge is 0.301 e. The van der Waals surface area contributed by atoms with E-state index in [0.29, 0.717) is 11.4 Å². The van der Waals surface area contributed by atoms with Gasteiger partial charge in [0, 0.05) is 10.4 Å². The van der Waals surface area contributed by atoms with Crippen molar-refractivity contribution in [2.24, 2.45) is 0 Å². The molecular formula is C48H35N3O2S. The Labute approximate surface area is 318 Å². The molecule has 6 heteroatoms. The van der Waals surface area contributed by atoms with Gasteiger partial charge in [-0.2, -0.15) is 0 Å². The van der Waals surface area contributed by atoms with Crippen LogP contribution in [-0.2, 0) is 15.0 Å². The van der Waals surface area contributed by atoms with Gasteiger partial charge in [0.1, 0.15) is 10.6 Å². The highest BCUT2D eigenvalue weighted by atomic mass is 32.1. The molecule has 0 bridgehead atoms. The summed E-state index contributed by atoms with van der Waals surface area (Å²) in [6.45, 7) is 6.51. The molecule has 1 aromatic heterocycles. The van der Waals surface area contributed by atoms with Gasteiger partial charge in [-0.25, -0.2) is 10.0 Å². The van der Waals surface area contributed by atoms with Crippen molar-refractivity contribution in [1.29, 1.82) is 0 Å². The fraction of sp³-hybridized carbons (Fsp3) is 0.0833. The van der Waals surface area contributed by atoms with Crippen molar-refractivity contribution < 1.29 is 9.59 Å². The third-order valence-corrected chi connectivity index (χ3v) is 12.1. The first-order chi connectivity index (χ1) is 26.4.